The van der Waals surface area contributed by atoms with E-state index < -0.39 is 10.0 Å². The van der Waals surface area contributed by atoms with Gasteiger partial charge in [0, 0.05) is 17.5 Å². The van der Waals surface area contributed by atoms with Crippen molar-refractivity contribution in [3.63, 3.8) is 0 Å². The van der Waals surface area contributed by atoms with Crippen molar-refractivity contribution < 1.29 is 8.42 Å². The predicted octanol–water partition coefficient (Wildman–Crippen LogP) is 1.93. The van der Waals surface area contributed by atoms with Gasteiger partial charge in [-0.1, -0.05) is 0 Å². The molecular formula is C10H9N5O2S3. The molecule has 3 aromatic rings. The number of aromatic nitrogens is 4. The van der Waals surface area contributed by atoms with Gasteiger partial charge in [0.05, 0.1) is 6.20 Å². The van der Waals surface area contributed by atoms with Crippen molar-refractivity contribution in [1.82, 2.24) is 18.7 Å². The van der Waals surface area contributed by atoms with Crippen LogP contribution in [0.4, 0.5) is 5.95 Å². The first-order chi connectivity index (χ1) is 9.63. The fourth-order valence-electron chi connectivity index (χ4n) is 1.85. The first-order valence-corrected chi connectivity index (χ1v) is 9.04. The van der Waals surface area contributed by atoms with Gasteiger partial charge in [0.1, 0.15) is 5.01 Å². The van der Waals surface area contributed by atoms with Crippen molar-refractivity contribution in [3.8, 4) is 0 Å². The second-order valence-corrected chi connectivity index (χ2v) is 7.77. The first kappa shape index (κ1) is 12.2. The number of hydrogen-bond acceptors (Lipinski definition) is 7. The van der Waals surface area contributed by atoms with Crippen molar-refractivity contribution in [2.45, 2.75) is 23.8 Å². The lowest BCUT2D eigenvalue weighted by Gasteiger charge is -2.02. The second kappa shape index (κ2) is 4.24. The van der Waals surface area contributed by atoms with Crippen LogP contribution < -0.4 is 4.72 Å². The molecule has 0 spiro atoms. The maximum absolute atomic E-state index is 12.3. The number of nitrogens with zero attached hydrogens (tertiary/aromatic N) is 4. The highest BCUT2D eigenvalue weighted by atomic mass is 32.2. The van der Waals surface area contributed by atoms with Gasteiger partial charge < -0.3 is 0 Å². The van der Waals surface area contributed by atoms with Gasteiger partial charge >= 0.3 is 0 Å². The molecule has 0 saturated heterocycles. The number of anilines is 1. The van der Waals surface area contributed by atoms with Crippen LogP contribution in [0.3, 0.4) is 0 Å². The van der Waals surface area contributed by atoms with Crippen molar-refractivity contribution in [3.05, 3.63) is 22.8 Å². The highest BCUT2D eigenvalue weighted by Crippen LogP contribution is 2.41. The molecule has 10 heteroatoms. The third-order valence-electron chi connectivity index (χ3n) is 2.98. The number of imidazole rings is 1. The number of thiazole rings is 1. The fraction of sp³-hybridized carbons (Fsp3) is 0.300. The third-order valence-corrected chi connectivity index (χ3v) is 5.93. The SMILES string of the molecule is O=S(=O)(Nc1nsc(C2CC2)n1)c1cnc2sccn12. The van der Waals surface area contributed by atoms with Gasteiger partial charge in [-0.15, -0.1) is 11.3 Å². The molecule has 1 aliphatic carbocycles. The number of hydrogen-bond donors (Lipinski definition) is 1. The van der Waals surface area contributed by atoms with E-state index in [2.05, 4.69) is 19.1 Å². The molecule has 0 radical (unpaired) electrons. The Morgan fingerprint density at radius 1 is 1.40 bits per heavy atom. The molecule has 0 aliphatic heterocycles. The average Bonchev–Trinajstić information content (AvgIpc) is 2.82. The Hall–Kier alpha value is -1.52. The number of nitrogens with one attached hydrogen (secondary N) is 1. The zero-order valence-electron chi connectivity index (χ0n) is 10.1. The summed E-state index contributed by atoms with van der Waals surface area (Å²) in [6.45, 7) is 0. The Morgan fingerprint density at radius 3 is 3.05 bits per heavy atom. The summed E-state index contributed by atoms with van der Waals surface area (Å²) < 4.78 is 32.6. The largest absolute Gasteiger partial charge is 0.281 e. The first-order valence-electron chi connectivity index (χ1n) is 5.90. The van der Waals surface area contributed by atoms with E-state index in [0.29, 0.717) is 10.9 Å². The van der Waals surface area contributed by atoms with E-state index >= 15 is 0 Å². The summed E-state index contributed by atoms with van der Waals surface area (Å²) in [5, 5.41) is 2.78. The van der Waals surface area contributed by atoms with E-state index in [0.717, 1.165) is 17.8 Å². The highest BCUT2D eigenvalue weighted by Gasteiger charge is 2.28. The number of fused-ring (bicyclic) bond motifs is 1. The van der Waals surface area contributed by atoms with Gasteiger partial charge in [-0.3, -0.25) is 4.40 Å². The lowest BCUT2D eigenvalue weighted by Crippen LogP contribution is -2.15. The maximum Gasteiger partial charge on any atom is 0.281 e. The van der Waals surface area contributed by atoms with Crippen LogP contribution in [0.15, 0.2) is 22.8 Å². The van der Waals surface area contributed by atoms with Gasteiger partial charge in [-0.05, 0) is 24.4 Å². The van der Waals surface area contributed by atoms with Crippen LogP contribution in [0, 0.1) is 0 Å². The quantitative estimate of drug-likeness (QED) is 0.791. The molecule has 7 nitrogen and oxygen atoms in total. The van der Waals surface area contributed by atoms with Crippen molar-refractivity contribution in [1.29, 1.82) is 0 Å². The molecule has 0 aromatic carbocycles. The predicted molar refractivity (Wildman–Crippen MR) is 75.8 cm³/mol. The smallest absolute Gasteiger partial charge is 0.279 e. The van der Waals surface area contributed by atoms with Gasteiger partial charge in [0.2, 0.25) is 5.95 Å². The Morgan fingerprint density at radius 2 is 2.25 bits per heavy atom. The van der Waals surface area contributed by atoms with Crippen LogP contribution in [0.1, 0.15) is 23.8 Å². The molecule has 1 aliphatic rings. The lowest BCUT2D eigenvalue weighted by atomic mass is 10.5. The van der Waals surface area contributed by atoms with Gasteiger partial charge in [-0.2, -0.15) is 12.8 Å². The Kier molecular flexibility index (Phi) is 2.59. The molecule has 104 valence electrons. The van der Waals surface area contributed by atoms with E-state index in [4.69, 9.17) is 0 Å². The molecule has 4 rings (SSSR count). The van der Waals surface area contributed by atoms with E-state index in [1.165, 1.54) is 33.5 Å². The molecule has 0 bridgehead atoms. The molecule has 0 unspecified atom stereocenters. The fourth-order valence-corrected chi connectivity index (χ4v) is 4.47. The van der Waals surface area contributed by atoms with Gasteiger partial charge in [0.15, 0.2) is 9.99 Å². The molecule has 3 heterocycles. The lowest BCUT2D eigenvalue weighted by molar-refractivity contribution is 0.596. The monoisotopic (exact) mass is 327 g/mol. The Balaban J connectivity index is 1.67. The van der Waals surface area contributed by atoms with Crippen LogP contribution in [0.5, 0.6) is 0 Å². The van der Waals surface area contributed by atoms with E-state index in [9.17, 15) is 8.42 Å². The van der Waals surface area contributed by atoms with Gasteiger partial charge in [0.25, 0.3) is 10.0 Å². The highest BCUT2D eigenvalue weighted by molar-refractivity contribution is 7.92. The van der Waals surface area contributed by atoms with E-state index in [1.807, 2.05) is 0 Å². The van der Waals surface area contributed by atoms with Crippen LogP contribution in [-0.2, 0) is 10.0 Å². The standard InChI is InChI=1S/C10H9N5O2S3/c16-20(17,7-5-11-10-15(7)3-4-18-10)14-9-12-8(19-13-9)6-1-2-6/h3-6H,1-2H2,(H,13,14). The van der Waals surface area contributed by atoms with E-state index in [1.54, 1.807) is 11.6 Å². The van der Waals surface area contributed by atoms with Crippen molar-refractivity contribution >= 4 is 43.8 Å². The van der Waals surface area contributed by atoms with Crippen LogP contribution in [-0.4, -0.2) is 27.2 Å². The molecule has 3 aromatic heterocycles. The van der Waals surface area contributed by atoms with Crippen LogP contribution in [0.25, 0.3) is 4.96 Å². The minimum atomic E-state index is -3.72. The molecular weight excluding hydrogens is 318 g/mol. The Labute approximate surface area is 122 Å². The topological polar surface area (TPSA) is 89.2 Å². The summed E-state index contributed by atoms with van der Waals surface area (Å²) in [4.78, 5) is 8.91. The molecule has 1 fully saturated rings. The van der Waals surface area contributed by atoms with Crippen LogP contribution in [0.2, 0.25) is 0 Å². The third kappa shape index (κ3) is 2.00. The summed E-state index contributed by atoms with van der Waals surface area (Å²) in [6, 6.07) is 0. The molecule has 20 heavy (non-hydrogen) atoms. The number of sulfonamides is 1. The minimum Gasteiger partial charge on any atom is -0.279 e. The summed E-state index contributed by atoms with van der Waals surface area (Å²) in [7, 11) is -3.72. The number of rotatable bonds is 4. The summed E-state index contributed by atoms with van der Waals surface area (Å²) in [5.74, 6) is 0.603. The molecule has 0 atom stereocenters. The summed E-state index contributed by atoms with van der Waals surface area (Å²) >= 11 is 2.63. The average molecular weight is 327 g/mol. The Bertz CT molecular complexity index is 874. The van der Waals surface area contributed by atoms with Crippen molar-refractivity contribution in [2.75, 3.05) is 4.72 Å². The normalized spacial score (nSPS) is 15.8. The van der Waals surface area contributed by atoms with Crippen molar-refractivity contribution in [2.24, 2.45) is 0 Å². The maximum atomic E-state index is 12.3. The second-order valence-electron chi connectivity index (χ2n) is 4.49. The summed E-state index contributed by atoms with van der Waals surface area (Å²) in [6.07, 6.45) is 5.23. The minimum absolute atomic E-state index is 0.0940. The zero-order valence-corrected chi connectivity index (χ0v) is 12.5. The van der Waals surface area contributed by atoms with E-state index in [-0.39, 0.29) is 11.0 Å². The van der Waals surface area contributed by atoms with Gasteiger partial charge in [-0.25, -0.2) is 14.7 Å². The van der Waals surface area contributed by atoms with Crippen LogP contribution >= 0.6 is 22.9 Å². The summed E-state index contributed by atoms with van der Waals surface area (Å²) in [5.41, 5.74) is 0. The molecule has 1 saturated carbocycles. The zero-order chi connectivity index (χ0) is 13.7. The molecule has 0 amide bonds. The molecule has 1 N–H and O–H groups in total.